The monoisotopic (exact) mass is 570 g/mol. The Hall–Kier alpha value is -2.32. The van der Waals surface area contributed by atoms with Gasteiger partial charge in [-0.1, -0.05) is 31.2 Å². The maximum absolute atomic E-state index is 11.8. The Kier molecular flexibility index (Phi) is 10.0. The number of hydrogen-bond donors (Lipinski definition) is 0. The zero-order valence-corrected chi connectivity index (χ0v) is 26.4. The van der Waals surface area contributed by atoms with E-state index in [4.69, 9.17) is 9.47 Å². The summed E-state index contributed by atoms with van der Waals surface area (Å²) in [5, 5.41) is 11.0. The molecule has 3 aromatic carbocycles. The summed E-state index contributed by atoms with van der Waals surface area (Å²) in [5.41, 5.74) is 8.32. The van der Waals surface area contributed by atoms with Crippen molar-refractivity contribution in [3.8, 4) is 22.6 Å². The molecule has 40 heavy (non-hydrogen) atoms. The topological polar surface area (TPSA) is 92.7 Å². The van der Waals surface area contributed by atoms with Gasteiger partial charge in [0.05, 0.1) is 12.4 Å². The average Bonchev–Trinajstić information content (AvgIpc) is 3.74. The van der Waals surface area contributed by atoms with Gasteiger partial charge in [0.2, 0.25) is 0 Å². The van der Waals surface area contributed by atoms with Gasteiger partial charge in [-0.15, -0.1) is 0 Å². The van der Waals surface area contributed by atoms with E-state index in [2.05, 4.69) is 37.3 Å². The number of carbonyl (C=O) groups excluding carboxylic acids is 1. The number of sulfone groups is 1. The largest absolute Gasteiger partial charge is 1.00 e. The van der Waals surface area contributed by atoms with E-state index in [0.29, 0.717) is 26.1 Å². The van der Waals surface area contributed by atoms with Crippen LogP contribution in [0, 0.1) is 12.8 Å². The first-order chi connectivity index (χ1) is 18.7. The quantitative estimate of drug-likeness (QED) is 0.258. The molecule has 0 bridgehead atoms. The van der Waals surface area contributed by atoms with Crippen molar-refractivity contribution in [3.05, 3.63) is 82.4 Å². The summed E-state index contributed by atoms with van der Waals surface area (Å²) < 4.78 is 35.5. The summed E-state index contributed by atoms with van der Waals surface area (Å²) in [6.45, 7) is 4.60. The zero-order valence-electron chi connectivity index (χ0n) is 23.6. The molecule has 3 aromatic rings. The van der Waals surface area contributed by atoms with Gasteiger partial charge in [0.25, 0.3) is 0 Å². The summed E-state index contributed by atoms with van der Waals surface area (Å²) in [6.07, 6.45) is 4.16. The fourth-order valence-corrected chi connectivity index (χ4v) is 6.39. The molecule has 0 saturated heterocycles. The van der Waals surface area contributed by atoms with Crippen LogP contribution in [-0.2, 0) is 34.1 Å². The van der Waals surface area contributed by atoms with Crippen LogP contribution in [0.15, 0.2) is 54.6 Å². The third kappa shape index (κ3) is 7.30. The number of hydrogen-bond acceptors (Lipinski definition) is 6. The Morgan fingerprint density at radius 2 is 1.73 bits per heavy atom. The standard InChI is InChI=1S/C32H36O6S.Na/c1-3-39(35,36)15-5-14-37-27-16-21(2)31-25(18-27)7-4-6-23-9-8-22(17-29(23)31)20-38-26-12-10-24(11-13-26)28-19-30(28)32(33)34;/h8-13,16-18,28,30H,3-7,14-15,19-20H2,1-2H3,(H,33,34);/q;+1/p-1/t28-,30+;/m1./s1. The molecular weight excluding hydrogens is 535 g/mol. The number of aliphatic carboxylic acids is 1. The third-order valence-corrected chi connectivity index (χ3v) is 9.63. The van der Waals surface area contributed by atoms with Crippen molar-refractivity contribution in [2.75, 3.05) is 18.1 Å². The summed E-state index contributed by atoms with van der Waals surface area (Å²) in [5.74, 6) is 0.586. The van der Waals surface area contributed by atoms with Gasteiger partial charge in [-0.3, -0.25) is 0 Å². The maximum Gasteiger partial charge on any atom is 1.00 e. The van der Waals surface area contributed by atoms with Crippen molar-refractivity contribution in [3.63, 3.8) is 0 Å². The van der Waals surface area contributed by atoms with Crippen molar-refractivity contribution in [2.45, 2.75) is 58.5 Å². The van der Waals surface area contributed by atoms with Crippen LogP contribution in [0.1, 0.15) is 59.9 Å². The van der Waals surface area contributed by atoms with E-state index in [-0.39, 0.29) is 52.9 Å². The van der Waals surface area contributed by atoms with E-state index in [1.807, 2.05) is 24.3 Å². The molecule has 6 nitrogen and oxygen atoms in total. The van der Waals surface area contributed by atoms with E-state index in [1.165, 1.54) is 22.3 Å². The number of ether oxygens (including phenoxy) is 2. The van der Waals surface area contributed by atoms with Gasteiger partial charge < -0.3 is 19.4 Å². The van der Waals surface area contributed by atoms with Crippen LogP contribution >= 0.6 is 0 Å². The maximum atomic E-state index is 11.8. The fourth-order valence-electron chi connectivity index (χ4n) is 5.54. The Morgan fingerprint density at radius 3 is 2.42 bits per heavy atom. The summed E-state index contributed by atoms with van der Waals surface area (Å²) in [4.78, 5) is 11.0. The van der Waals surface area contributed by atoms with Gasteiger partial charge in [0.1, 0.15) is 27.9 Å². The Balaban J connectivity index is 0.00000370. The Bertz CT molecular complexity index is 1470. The zero-order chi connectivity index (χ0) is 27.6. The van der Waals surface area contributed by atoms with Crippen molar-refractivity contribution < 1.29 is 57.3 Å². The molecule has 2 atom stereocenters. The van der Waals surface area contributed by atoms with Gasteiger partial charge in [0, 0.05) is 17.6 Å². The SMILES string of the molecule is CCS(=O)(=O)CCCOc1cc(C)c2c(c1)CCCc1ccc(COc3ccc([C@H]4C[C@@H]4C(=O)[O-])cc3)cc1-2.[Na+]. The van der Waals surface area contributed by atoms with Crippen LogP contribution in [0.3, 0.4) is 0 Å². The van der Waals surface area contributed by atoms with E-state index in [1.54, 1.807) is 6.92 Å². The molecular formula is C32H35NaO6S. The van der Waals surface area contributed by atoms with Crippen molar-refractivity contribution in [2.24, 2.45) is 5.92 Å². The number of carboxylic acids is 1. The number of fused-ring (bicyclic) bond motifs is 3. The van der Waals surface area contributed by atoms with Crippen LogP contribution in [-0.4, -0.2) is 32.5 Å². The predicted molar refractivity (Wildman–Crippen MR) is 150 cm³/mol. The molecule has 2 aliphatic rings. The van der Waals surface area contributed by atoms with E-state index in [0.717, 1.165) is 47.5 Å². The molecule has 0 aliphatic heterocycles. The third-order valence-electron chi connectivity index (χ3n) is 7.84. The summed E-state index contributed by atoms with van der Waals surface area (Å²) in [6, 6.07) is 18.4. The van der Waals surface area contributed by atoms with Crippen LogP contribution < -0.4 is 44.1 Å². The van der Waals surface area contributed by atoms with Crippen LogP contribution in [0.4, 0.5) is 0 Å². The van der Waals surface area contributed by atoms with Gasteiger partial charge in [-0.25, -0.2) is 8.42 Å². The van der Waals surface area contributed by atoms with Crippen molar-refractivity contribution in [1.29, 1.82) is 0 Å². The Morgan fingerprint density at radius 1 is 0.975 bits per heavy atom. The second-order valence-corrected chi connectivity index (χ2v) is 13.2. The molecule has 0 spiro atoms. The second-order valence-electron chi connectivity index (χ2n) is 10.7. The van der Waals surface area contributed by atoms with Crippen molar-refractivity contribution in [1.82, 2.24) is 0 Å². The molecule has 0 amide bonds. The number of benzene rings is 3. The van der Waals surface area contributed by atoms with E-state index >= 15 is 0 Å². The van der Waals surface area contributed by atoms with Crippen LogP contribution in [0.2, 0.25) is 0 Å². The second kappa shape index (κ2) is 13.1. The molecule has 2 aliphatic carbocycles. The summed E-state index contributed by atoms with van der Waals surface area (Å²) >= 11 is 0. The summed E-state index contributed by atoms with van der Waals surface area (Å²) in [7, 11) is -2.98. The van der Waals surface area contributed by atoms with E-state index in [9.17, 15) is 18.3 Å². The fraction of sp³-hybridized carbons (Fsp3) is 0.406. The normalized spacial score (nSPS) is 17.6. The molecule has 5 rings (SSSR count). The first kappa shape index (κ1) is 30.6. The molecule has 206 valence electrons. The average molecular weight is 571 g/mol. The first-order valence-electron chi connectivity index (χ1n) is 13.8. The molecule has 0 N–H and O–H groups in total. The number of carbonyl (C=O) groups is 1. The van der Waals surface area contributed by atoms with Crippen LogP contribution in [0.5, 0.6) is 11.5 Å². The predicted octanol–water partition coefficient (Wildman–Crippen LogP) is 1.79. The van der Waals surface area contributed by atoms with Gasteiger partial charge >= 0.3 is 29.6 Å². The first-order valence-corrected chi connectivity index (χ1v) is 15.6. The van der Waals surface area contributed by atoms with E-state index < -0.39 is 15.8 Å². The number of carboxylic acid groups (broad SMARTS) is 1. The molecule has 1 saturated carbocycles. The Labute approximate surface area is 259 Å². The molecule has 1 fully saturated rings. The van der Waals surface area contributed by atoms with Crippen molar-refractivity contribution >= 4 is 15.8 Å². The smallest absolute Gasteiger partial charge is 0.550 e. The molecule has 8 heteroatoms. The molecule has 0 heterocycles. The van der Waals surface area contributed by atoms with Gasteiger partial charge in [0.15, 0.2) is 0 Å². The number of rotatable bonds is 11. The molecule has 0 radical (unpaired) electrons. The van der Waals surface area contributed by atoms with Gasteiger partial charge in [-0.2, -0.15) is 0 Å². The molecule has 0 aromatic heterocycles. The van der Waals surface area contributed by atoms with Gasteiger partial charge in [-0.05, 0) is 114 Å². The van der Waals surface area contributed by atoms with Crippen LogP contribution in [0.25, 0.3) is 11.1 Å². The number of aryl methyl sites for hydroxylation is 3. The molecule has 0 unspecified atom stereocenters. The minimum Gasteiger partial charge on any atom is -0.550 e. The minimum atomic E-state index is -2.98. The minimum absolute atomic E-state index is 0.